The van der Waals surface area contributed by atoms with Gasteiger partial charge in [0.25, 0.3) is 0 Å². The van der Waals surface area contributed by atoms with Crippen LogP contribution in [0.2, 0.25) is 0 Å². The summed E-state index contributed by atoms with van der Waals surface area (Å²) in [6.45, 7) is 10.6. The van der Waals surface area contributed by atoms with E-state index in [9.17, 15) is 4.79 Å². The maximum absolute atomic E-state index is 11.5. The number of quaternary nitrogens is 1. The van der Waals surface area contributed by atoms with Crippen molar-refractivity contribution in [3.05, 3.63) is 23.7 Å². The largest absolute Gasteiger partial charge is 0.460 e. The van der Waals surface area contributed by atoms with Crippen molar-refractivity contribution >= 4 is 5.97 Å². The van der Waals surface area contributed by atoms with Gasteiger partial charge >= 0.3 is 5.97 Å². The van der Waals surface area contributed by atoms with Crippen molar-refractivity contribution in [3.8, 4) is 0 Å². The van der Waals surface area contributed by atoms with Gasteiger partial charge in [-0.1, -0.05) is 0 Å². The molecule has 1 N–H and O–H groups in total. The summed E-state index contributed by atoms with van der Waals surface area (Å²) < 4.78 is 10.4. The van der Waals surface area contributed by atoms with Crippen LogP contribution in [-0.2, 0) is 4.74 Å². The van der Waals surface area contributed by atoms with Gasteiger partial charge in [0.05, 0.1) is 19.7 Å². The van der Waals surface area contributed by atoms with E-state index in [-0.39, 0.29) is 12.0 Å². The fraction of sp³-hybridized carbons (Fsp3) is 0.615. The Labute approximate surface area is 103 Å². The van der Waals surface area contributed by atoms with Crippen molar-refractivity contribution in [2.24, 2.45) is 0 Å². The Balaban J connectivity index is 2.76. The average Bonchev–Trinajstić information content (AvgIpc) is 2.80. The molecular formula is C13H22NO3+. The highest BCUT2D eigenvalue weighted by molar-refractivity contribution is 5.86. The molecule has 1 unspecified atom stereocenters. The second kappa shape index (κ2) is 6.45. The van der Waals surface area contributed by atoms with Gasteiger partial charge in [0.15, 0.2) is 5.76 Å². The molecule has 0 aliphatic heterocycles. The number of carbonyl (C=O) groups excluding carboxylic acids is 1. The number of furan rings is 1. The Morgan fingerprint density at radius 1 is 1.35 bits per heavy atom. The lowest BCUT2D eigenvalue weighted by molar-refractivity contribution is -0.927. The van der Waals surface area contributed by atoms with Gasteiger partial charge in [-0.2, -0.15) is 0 Å². The van der Waals surface area contributed by atoms with Crippen molar-refractivity contribution < 1.29 is 18.8 Å². The number of carbonyl (C=O) groups is 1. The first-order valence-electron chi connectivity index (χ1n) is 6.25. The van der Waals surface area contributed by atoms with Crippen LogP contribution in [0.15, 0.2) is 16.5 Å². The molecule has 0 radical (unpaired) electrons. The quantitative estimate of drug-likeness (QED) is 0.765. The molecule has 0 aliphatic carbocycles. The molecule has 0 saturated heterocycles. The van der Waals surface area contributed by atoms with Crippen molar-refractivity contribution in [2.45, 2.75) is 33.7 Å². The highest BCUT2D eigenvalue weighted by Gasteiger charge is 2.21. The SMILES string of the molecule is CCOC(=O)c1ccc(C(C)[NH+](CC)CC)o1. The molecule has 17 heavy (non-hydrogen) atoms. The fourth-order valence-electron chi connectivity index (χ4n) is 1.96. The summed E-state index contributed by atoms with van der Waals surface area (Å²) in [4.78, 5) is 12.9. The predicted octanol–water partition coefficient (Wildman–Crippen LogP) is 1.44. The number of ether oxygens (including phenoxy) is 1. The van der Waals surface area contributed by atoms with Gasteiger partial charge in [-0.05, 0) is 39.8 Å². The second-order valence-corrected chi connectivity index (χ2v) is 4.01. The average molecular weight is 240 g/mol. The topological polar surface area (TPSA) is 43.9 Å². The normalized spacial score (nSPS) is 12.8. The van der Waals surface area contributed by atoms with Crippen LogP contribution < -0.4 is 4.90 Å². The predicted molar refractivity (Wildman–Crippen MR) is 65.1 cm³/mol. The second-order valence-electron chi connectivity index (χ2n) is 4.01. The van der Waals surface area contributed by atoms with Gasteiger partial charge in [0, 0.05) is 0 Å². The molecule has 4 heteroatoms. The number of hydrogen-bond acceptors (Lipinski definition) is 3. The van der Waals surface area contributed by atoms with Crippen molar-refractivity contribution in [2.75, 3.05) is 19.7 Å². The lowest BCUT2D eigenvalue weighted by atomic mass is 10.2. The Kier molecular flexibility index (Phi) is 5.22. The molecule has 0 aliphatic rings. The zero-order chi connectivity index (χ0) is 12.8. The molecule has 96 valence electrons. The van der Waals surface area contributed by atoms with Crippen LogP contribution in [0.1, 0.15) is 50.1 Å². The van der Waals surface area contributed by atoms with E-state index in [2.05, 4.69) is 20.8 Å². The van der Waals surface area contributed by atoms with Crippen molar-refractivity contribution in [1.82, 2.24) is 0 Å². The maximum atomic E-state index is 11.5. The van der Waals surface area contributed by atoms with Gasteiger partial charge in [-0.3, -0.25) is 0 Å². The third-order valence-electron chi connectivity index (χ3n) is 3.05. The smallest absolute Gasteiger partial charge is 0.374 e. The van der Waals surface area contributed by atoms with Crippen molar-refractivity contribution in [3.63, 3.8) is 0 Å². The third-order valence-corrected chi connectivity index (χ3v) is 3.05. The van der Waals surface area contributed by atoms with Crippen LogP contribution in [0.4, 0.5) is 0 Å². The van der Waals surface area contributed by atoms with E-state index in [0.717, 1.165) is 18.8 Å². The lowest BCUT2D eigenvalue weighted by Gasteiger charge is -2.21. The van der Waals surface area contributed by atoms with E-state index in [0.29, 0.717) is 12.4 Å². The first kappa shape index (κ1) is 13.8. The number of rotatable bonds is 6. The minimum atomic E-state index is -0.388. The van der Waals surface area contributed by atoms with Crippen LogP contribution in [-0.4, -0.2) is 25.7 Å². The molecule has 1 rings (SSSR count). The Bertz CT molecular complexity index is 355. The zero-order valence-corrected chi connectivity index (χ0v) is 11.1. The fourth-order valence-corrected chi connectivity index (χ4v) is 1.96. The summed E-state index contributed by atoms with van der Waals surface area (Å²) in [6, 6.07) is 3.81. The summed E-state index contributed by atoms with van der Waals surface area (Å²) in [5, 5.41) is 0. The van der Waals surface area contributed by atoms with Crippen LogP contribution >= 0.6 is 0 Å². The standard InChI is InChI=1S/C13H21NO3/c1-5-14(6-2)10(4)11-8-9-12(17-11)13(15)16-7-3/h8-10H,5-7H2,1-4H3/p+1. The molecule has 1 aromatic rings. The van der Waals surface area contributed by atoms with Gasteiger partial charge in [0.1, 0.15) is 6.04 Å². The first-order valence-corrected chi connectivity index (χ1v) is 6.25. The molecular weight excluding hydrogens is 218 g/mol. The Morgan fingerprint density at radius 2 is 2.00 bits per heavy atom. The van der Waals surface area contributed by atoms with Crippen LogP contribution in [0, 0.1) is 0 Å². The summed E-state index contributed by atoms with van der Waals surface area (Å²) in [6.07, 6.45) is 0. The van der Waals surface area contributed by atoms with E-state index < -0.39 is 0 Å². The molecule has 0 amide bonds. The number of esters is 1. The van der Waals surface area contributed by atoms with E-state index in [1.165, 1.54) is 4.90 Å². The Hall–Kier alpha value is -1.29. The van der Waals surface area contributed by atoms with Crippen LogP contribution in [0.3, 0.4) is 0 Å². The highest BCUT2D eigenvalue weighted by atomic mass is 16.5. The molecule has 4 nitrogen and oxygen atoms in total. The minimum absolute atomic E-state index is 0.258. The van der Waals surface area contributed by atoms with Crippen molar-refractivity contribution in [1.29, 1.82) is 0 Å². The minimum Gasteiger partial charge on any atom is -0.460 e. The monoisotopic (exact) mass is 240 g/mol. The zero-order valence-electron chi connectivity index (χ0n) is 11.1. The molecule has 1 aromatic heterocycles. The molecule has 1 atom stereocenters. The summed E-state index contributed by atoms with van der Waals surface area (Å²) in [7, 11) is 0. The van der Waals surface area contributed by atoms with E-state index in [1.807, 2.05) is 6.07 Å². The molecule has 0 aromatic carbocycles. The van der Waals surface area contributed by atoms with Gasteiger partial charge in [-0.15, -0.1) is 0 Å². The summed E-state index contributed by atoms with van der Waals surface area (Å²) in [5.74, 6) is 0.743. The van der Waals surface area contributed by atoms with E-state index in [4.69, 9.17) is 9.15 Å². The van der Waals surface area contributed by atoms with Gasteiger partial charge in [-0.25, -0.2) is 4.79 Å². The van der Waals surface area contributed by atoms with E-state index >= 15 is 0 Å². The highest BCUT2D eigenvalue weighted by Crippen LogP contribution is 2.14. The Morgan fingerprint density at radius 3 is 2.53 bits per heavy atom. The number of nitrogens with one attached hydrogen (secondary N) is 1. The lowest BCUT2D eigenvalue weighted by Crippen LogP contribution is -3.11. The van der Waals surface area contributed by atoms with Gasteiger partial charge < -0.3 is 14.1 Å². The molecule has 1 heterocycles. The summed E-state index contributed by atoms with van der Waals surface area (Å²) in [5.41, 5.74) is 0. The first-order chi connectivity index (χ1) is 8.13. The molecule has 0 bridgehead atoms. The van der Waals surface area contributed by atoms with Gasteiger partial charge in [0.2, 0.25) is 5.76 Å². The number of hydrogen-bond donors (Lipinski definition) is 1. The maximum Gasteiger partial charge on any atom is 0.374 e. The summed E-state index contributed by atoms with van der Waals surface area (Å²) >= 11 is 0. The molecule has 0 spiro atoms. The molecule has 0 saturated carbocycles. The molecule has 0 fully saturated rings. The third kappa shape index (κ3) is 3.33. The van der Waals surface area contributed by atoms with E-state index in [1.54, 1.807) is 13.0 Å². The van der Waals surface area contributed by atoms with Crippen LogP contribution in [0.25, 0.3) is 0 Å². The van der Waals surface area contributed by atoms with Crippen LogP contribution in [0.5, 0.6) is 0 Å².